The van der Waals surface area contributed by atoms with Gasteiger partial charge in [-0.3, -0.25) is 9.69 Å². The van der Waals surface area contributed by atoms with Gasteiger partial charge in [0.25, 0.3) is 0 Å². The zero-order valence-electron chi connectivity index (χ0n) is 18.0. The highest BCUT2D eigenvalue weighted by atomic mass is 32.2. The Morgan fingerprint density at radius 1 is 1.10 bits per heavy atom. The first-order chi connectivity index (χ1) is 13.7. The van der Waals surface area contributed by atoms with Gasteiger partial charge >= 0.3 is 0 Å². The number of nitrogens with zero attached hydrogens (tertiary/aromatic N) is 3. The molecule has 8 heteroatoms. The number of carbonyl (C=O) groups excluding carboxylic acids is 1. The summed E-state index contributed by atoms with van der Waals surface area (Å²) in [6, 6.07) is 5.39. The Bertz CT molecular complexity index is 836. The number of rotatable bonds is 6. The number of sulfonamides is 1. The van der Waals surface area contributed by atoms with E-state index in [2.05, 4.69) is 10.2 Å². The van der Waals surface area contributed by atoms with Crippen LogP contribution in [0.25, 0.3) is 0 Å². The summed E-state index contributed by atoms with van der Waals surface area (Å²) in [5, 5.41) is 2.98. The third kappa shape index (κ3) is 4.92. The first-order valence-electron chi connectivity index (χ1n) is 10.5. The number of hydrogen-bond donors (Lipinski definition) is 1. The highest BCUT2D eigenvalue weighted by molar-refractivity contribution is 7.89. The lowest BCUT2D eigenvalue weighted by Crippen LogP contribution is -2.49. The summed E-state index contributed by atoms with van der Waals surface area (Å²) >= 11 is 0. The Labute approximate surface area is 175 Å². The molecule has 2 fully saturated rings. The summed E-state index contributed by atoms with van der Waals surface area (Å²) in [5.41, 5.74) is 1.31. The maximum absolute atomic E-state index is 12.9. The fraction of sp³-hybridized carbons (Fsp3) is 0.667. The Morgan fingerprint density at radius 2 is 1.79 bits per heavy atom. The van der Waals surface area contributed by atoms with Gasteiger partial charge in [0.1, 0.15) is 0 Å². The predicted molar refractivity (Wildman–Crippen MR) is 117 cm³/mol. The van der Waals surface area contributed by atoms with E-state index >= 15 is 0 Å². The highest BCUT2D eigenvalue weighted by Crippen LogP contribution is 2.35. The number of amides is 1. The van der Waals surface area contributed by atoms with Crippen LogP contribution in [0.15, 0.2) is 23.1 Å². The zero-order chi connectivity index (χ0) is 21.2. The third-order valence-corrected chi connectivity index (χ3v) is 8.02. The van der Waals surface area contributed by atoms with Crippen molar-refractivity contribution in [2.24, 2.45) is 5.92 Å². The zero-order valence-corrected chi connectivity index (χ0v) is 18.8. The Balaban J connectivity index is 1.78. The molecule has 1 aromatic rings. The molecule has 1 amide bonds. The van der Waals surface area contributed by atoms with Crippen molar-refractivity contribution in [2.75, 3.05) is 51.5 Å². The number of carbonyl (C=O) groups is 1. The quantitative estimate of drug-likeness (QED) is 0.763. The van der Waals surface area contributed by atoms with Crippen LogP contribution < -0.4 is 10.2 Å². The van der Waals surface area contributed by atoms with Crippen LogP contribution in [0, 0.1) is 5.92 Å². The largest absolute Gasteiger partial charge is 0.376 e. The molecule has 1 aromatic carbocycles. The van der Waals surface area contributed by atoms with Gasteiger partial charge in [-0.05, 0) is 56.3 Å². The SMILES string of the molecule is CN(C)c1ccc(S(=O)(=O)N(C)C)cc1NC(=O)CN1CCC[C@H]2CCCC[C@@H]21. The Morgan fingerprint density at radius 3 is 2.48 bits per heavy atom. The second-order valence-electron chi connectivity index (χ2n) is 8.63. The summed E-state index contributed by atoms with van der Waals surface area (Å²) in [7, 11) is 3.20. The highest BCUT2D eigenvalue weighted by Gasteiger charge is 2.34. The first-order valence-corrected chi connectivity index (χ1v) is 11.9. The standard InChI is InChI=1S/C21H34N4O3S/c1-23(2)20-12-11-17(29(27,28)24(3)4)14-18(20)22-21(26)15-25-13-7-9-16-8-5-6-10-19(16)25/h11-12,14,16,19H,5-10,13,15H2,1-4H3,(H,22,26)/t16-,19+/m1/s1. The molecular weight excluding hydrogens is 388 g/mol. The van der Waals surface area contributed by atoms with Gasteiger partial charge in [-0.1, -0.05) is 12.8 Å². The molecule has 0 spiro atoms. The van der Waals surface area contributed by atoms with E-state index in [1.54, 1.807) is 18.2 Å². The number of hydrogen-bond acceptors (Lipinski definition) is 5. The fourth-order valence-corrected chi connectivity index (χ4v) is 5.60. The van der Waals surface area contributed by atoms with Gasteiger partial charge in [-0.2, -0.15) is 0 Å². The summed E-state index contributed by atoms with van der Waals surface area (Å²) < 4.78 is 26.2. The van der Waals surface area contributed by atoms with E-state index in [1.807, 2.05) is 19.0 Å². The van der Waals surface area contributed by atoms with Gasteiger partial charge in [0, 0.05) is 34.2 Å². The molecule has 1 heterocycles. The molecule has 1 saturated heterocycles. The van der Waals surface area contributed by atoms with Crippen molar-refractivity contribution < 1.29 is 13.2 Å². The maximum atomic E-state index is 12.9. The normalized spacial score (nSPS) is 22.9. The second kappa shape index (κ2) is 9.02. The monoisotopic (exact) mass is 422 g/mol. The number of benzene rings is 1. The van der Waals surface area contributed by atoms with Crippen LogP contribution in [0.4, 0.5) is 11.4 Å². The van der Waals surface area contributed by atoms with Gasteiger partial charge in [-0.25, -0.2) is 12.7 Å². The average molecular weight is 423 g/mol. The lowest BCUT2D eigenvalue weighted by molar-refractivity contribution is -0.118. The van der Waals surface area contributed by atoms with E-state index < -0.39 is 10.0 Å². The molecule has 3 rings (SSSR count). The van der Waals surface area contributed by atoms with Crippen molar-refractivity contribution >= 4 is 27.3 Å². The van der Waals surface area contributed by atoms with Gasteiger partial charge in [0.05, 0.1) is 22.8 Å². The van der Waals surface area contributed by atoms with Gasteiger partial charge in [0.2, 0.25) is 15.9 Å². The van der Waals surface area contributed by atoms with E-state index in [0.717, 1.165) is 24.6 Å². The fourth-order valence-electron chi connectivity index (χ4n) is 4.67. The van der Waals surface area contributed by atoms with Crippen LogP contribution >= 0.6 is 0 Å². The minimum atomic E-state index is -3.57. The van der Waals surface area contributed by atoms with Gasteiger partial charge in [-0.15, -0.1) is 0 Å². The summed E-state index contributed by atoms with van der Waals surface area (Å²) in [5.74, 6) is 0.634. The number of nitrogens with one attached hydrogen (secondary N) is 1. The molecule has 1 aliphatic heterocycles. The van der Waals surface area contributed by atoms with Crippen molar-refractivity contribution in [1.29, 1.82) is 0 Å². The number of piperidine rings is 1. The molecule has 162 valence electrons. The number of fused-ring (bicyclic) bond motifs is 1. The number of anilines is 2. The molecule has 2 aliphatic rings. The van der Waals surface area contributed by atoms with E-state index in [-0.39, 0.29) is 10.8 Å². The van der Waals surface area contributed by atoms with Crippen molar-refractivity contribution in [2.45, 2.75) is 49.5 Å². The maximum Gasteiger partial charge on any atom is 0.242 e. The summed E-state index contributed by atoms with van der Waals surface area (Å²) in [4.78, 5) is 17.3. The molecule has 0 bridgehead atoms. The summed E-state index contributed by atoms with van der Waals surface area (Å²) in [6.07, 6.45) is 7.43. The first kappa shape index (κ1) is 22.1. The lowest BCUT2D eigenvalue weighted by atomic mass is 9.78. The molecule has 0 aromatic heterocycles. The van der Waals surface area contributed by atoms with Crippen molar-refractivity contribution in [3.8, 4) is 0 Å². The van der Waals surface area contributed by atoms with E-state index in [0.29, 0.717) is 18.3 Å². The lowest BCUT2D eigenvalue weighted by Gasteiger charge is -2.43. The average Bonchev–Trinajstić information content (AvgIpc) is 2.67. The predicted octanol–water partition coefficient (Wildman–Crippen LogP) is 2.60. The molecule has 1 aliphatic carbocycles. The minimum absolute atomic E-state index is 0.0845. The van der Waals surface area contributed by atoms with Gasteiger partial charge in [0.15, 0.2) is 0 Å². The van der Waals surface area contributed by atoms with Gasteiger partial charge < -0.3 is 10.2 Å². The van der Waals surface area contributed by atoms with Crippen molar-refractivity contribution in [3.05, 3.63) is 18.2 Å². The molecule has 1 N–H and O–H groups in total. The van der Waals surface area contributed by atoms with Crippen molar-refractivity contribution in [3.63, 3.8) is 0 Å². The smallest absolute Gasteiger partial charge is 0.242 e. The summed E-state index contributed by atoms with van der Waals surface area (Å²) in [6.45, 7) is 1.32. The van der Waals surface area contributed by atoms with Crippen LogP contribution in [0.3, 0.4) is 0 Å². The molecule has 29 heavy (non-hydrogen) atoms. The Hall–Kier alpha value is -1.64. The molecule has 0 radical (unpaired) electrons. The topological polar surface area (TPSA) is 73.0 Å². The van der Waals surface area contributed by atoms with Crippen LogP contribution in [-0.4, -0.2) is 70.9 Å². The number of likely N-dealkylation sites (tertiary alicyclic amines) is 1. The molecule has 1 saturated carbocycles. The van der Waals surface area contributed by atoms with Crippen LogP contribution in [-0.2, 0) is 14.8 Å². The third-order valence-electron chi connectivity index (χ3n) is 6.21. The van der Waals surface area contributed by atoms with Crippen LogP contribution in [0.1, 0.15) is 38.5 Å². The molecule has 0 unspecified atom stereocenters. The molecular formula is C21H34N4O3S. The minimum Gasteiger partial charge on any atom is -0.376 e. The van der Waals surface area contributed by atoms with E-state index in [9.17, 15) is 13.2 Å². The second-order valence-corrected chi connectivity index (χ2v) is 10.8. The molecule has 7 nitrogen and oxygen atoms in total. The van der Waals surface area contributed by atoms with E-state index in [1.165, 1.54) is 50.5 Å². The van der Waals surface area contributed by atoms with E-state index in [4.69, 9.17) is 0 Å². The van der Waals surface area contributed by atoms with Crippen molar-refractivity contribution in [1.82, 2.24) is 9.21 Å². The Kier molecular flexibility index (Phi) is 6.86. The molecule has 2 atom stereocenters. The van der Waals surface area contributed by atoms with Crippen LogP contribution in [0.2, 0.25) is 0 Å². The van der Waals surface area contributed by atoms with Crippen LogP contribution in [0.5, 0.6) is 0 Å².